The molecule has 0 bridgehead atoms. The van der Waals surface area contributed by atoms with Gasteiger partial charge < -0.3 is 20.3 Å². The molecule has 166 valence electrons. The monoisotopic (exact) mass is 419 g/mol. The Morgan fingerprint density at radius 3 is 2.64 bits per heavy atom. The van der Waals surface area contributed by atoms with Crippen molar-refractivity contribution in [2.75, 3.05) is 52.1 Å². The molecule has 8 nitrogen and oxygen atoms in total. The predicted molar refractivity (Wildman–Crippen MR) is 116 cm³/mol. The lowest BCUT2D eigenvalue weighted by Crippen LogP contribution is -2.45. The Balaban J connectivity index is 2.23. The first-order chi connectivity index (χ1) is 13.4. The van der Waals surface area contributed by atoms with Crippen LogP contribution in [0.3, 0.4) is 0 Å². The van der Waals surface area contributed by atoms with Gasteiger partial charge in [-0.3, -0.25) is 4.99 Å². The van der Waals surface area contributed by atoms with Crippen LogP contribution in [0.4, 0.5) is 0 Å². The molecule has 0 aromatic carbocycles. The summed E-state index contributed by atoms with van der Waals surface area (Å²) in [6.07, 6.45) is 5.25. The van der Waals surface area contributed by atoms with E-state index in [1.807, 2.05) is 0 Å². The predicted octanol–water partition coefficient (Wildman–Crippen LogP) is 1.15. The van der Waals surface area contributed by atoms with Gasteiger partial charge in [-0.2, -0.15) is 0 Å². The largest absolute Gasteiger partial charge is 0.377 e. The van der Waals surface area contributed by atoms with Crippen LogP contribution in [0.1, 0.15) is 52.9 Å². The van der Waals surface area contributed by atoms with Gasteiger partial charge in [-0.25, -0.2) is 13.1 Å². The number of rotatable bonds is 13. The molecule has 0 saturated carbocycles. The van der Waals surface area contributed by atoms with Crippen LogP contribution in [0, 0.1) is 0 Å². The fourth-order valence-electron chi connectivity index (χ4n) is 3.23. The summed E-state index contributed by atoms with van der Waals surface area (Å²) in [5.41, 5.74) is 0. The van der Waals surface area contributed by atoms with Crippen molar-refractivity contribution >= 4 is 16.0 Å². The zero-order valence-electron chi connectivity index (χ0n) is 18.2. The normalized spacial score (nSPS) is 19.6. The number of hydrogen-bond acceptors (Lipinski definition) is 5. The van der Waals surface area contributed by atoms with E-state index in [1.165, 1.54) is 0 Å². The molecule has 2 atom stereocenters. The van der Waals surface area contributed by atoms with Gasteiger partial charge in [0.1, 0.15) is 0 Å². The summed E-state index contributed by atoms with van der Waals surface area (Å²) >= 11 is 0. The van der Waals surface area contributed by atoms with Crippen LogP contribution in [0.25, 0.3) is 0 Å². The second kappa shape index (κ2) is 14.1. The minimum atomic E-state index is -3.32. The van der Waals surface area contributed by atoms with Crippen molar-refractivity contribution in [1.82, 2.24) is 20.3 Å². The van der Waals surface area contributed by atoms with E-state index in [9.17, 15) is 8.42 Å². The number of nitrogens with zero attached hydrogens (tertiary/aromatic N) is 2. The van der Waals surface area contributed by atoms with Gasteiger partial charge in [-0.05, 0) is 58.7 Å². The molecule has 1 aliphatic heterocycles. The van der Waals surface area contributed by atoms with E-state index in [0.717, 1.165) is 58.3 Å². The van der Waals surface area contributed by atoms with Crippen LogP contribution < -0.4 is 15.4 Å². The lowest BCUT2D eigenvalue weighted by molar-refractivity contribution is 0.0200. The second-order valence-electron chi connectivity index (χ2n) is 7.37. The fourth-order valence-corrected chi connectivity index (χ4v) is 4.18. The molecule has 0 spiro atoms. The number of ether oxygens (including phenoxy) is 1. The number of guanidine groups is 1. The molecule has 2 unspecified atom stereocenters. The maximum Gasteiger partial charge on any atom is 0.213 e. The van der Waals surface area contributed by atoms with E-state index in [1.54, 1.807) is 7.05 Å². The van der Waals surface area contributed by atoms with Gasteiger partial charge in [0.25, 0.3) is 0 Å². The van der Waals surface area contributed by atoms with Gasteiger partial charge in [-0.1, -0.05) is 13.8 Å². The average Bonchev–Trinajstić information content (AvgIpc) is 2.69. The molecular formula is C19H41N5O3S. The second-order valence-corrected chi connectivity index (χ2v) is 9.30. The molecule has 0 aromatic rings. The van der Waals surface area contributed by atoms with Gasteiger partial charge >= 0.3 is 0 Å². The standard InChI is InChI=1S/C19H41N5O3S/c1-5-24(6-2)13-9-10-17(3)23-19(20-4)21-12-15-28(25,26)22-16-18-11-7-8-14-27-18/h17-18,22H,5-16H2,1-4H3,(H2,20,21,23). The summed E-state index contributed by atoms with van der Waals surface area (Å²) in [6, 6.07) is 0.278. The first-order valence-corrected chi connectivity index (χ1v) is 12.3. The van der Waals surface area contributed by atoms with Crippen molar-refractivity contribution in [2.24, 2.45) is 4.99 Å². The van der Waals surface area contributed by atoms with E-state index in [-0.39, 0.29) is 17.9 Å². The SMILES string of the molecule is CCN(CC)CCCC(C)NC(=NC)NCCS(=O)(=O)NCC1CCCCO1. The van der Waals surface area contributed by atoms with Crippen LogP contribution in [-0.2, 0) is 14.8 Å². The molecule has 1 aliphatic rings. The summed E-state index contributed by atoms with van der Waals surface area (Å²) in [4.78, 5) is 6.60. The van der Waals surface area contributed by atoms with Crippen LogP contribution in [-0.4, -0.2) is 83.6 Å². The maximum absolute atomic E-state index is 12.2. The van der Waals surface area contributed by atoms with Gasteiger partial charge in [0.15, 0.2) is 5.96 Å². The van der Waals surface area contributed by atoms with Crippen molar-refractivity contribution in [1.29, 1.82) is 0 Å². The van der Waals surface area contributed by atoms with Crippen LogP contribution >= 0.6 is 0 Å². The number of nitrogens with one attached hydrogen (secondary N) is 3. The topological polar surface area (TPSA) is 95.1 Å². The van der Waals surface area contributed by atoms with E-state index in [0.29, 0.717) is 19.0 Å². The van der Waals surface area contributed by atoms with Gasteiger partial charge in [-0.15, -0.1) is 0 Å². The molecule has 9 heteroatoms. The summed E-state index contributed by atoms with van der Waals surface area (Å²) < 4.78 is 32.5. The van der Waals surface area contributed by atoms with E-state index < -0.39 is 10.0 Å². The van der Waals surface area contributed by atoms with Crippen molar-refractivity contribution in [2.45, 2.75) is 65.0 Å². The highest BCUT2D eigenvalue weighted by Crippen LogP contribution is 2.11. The maximum atomic E-state index is 12.2. The summed E-state index contributed by atoms with van der Waals surface area (Å²) in [5.74, 6) is 0.651. The molecule has 0 aromatic heterocycles. The summed E-state index contributed by atoms with van der Waals surface area (Å²) in [7, 11) is -1.62. The number of hydrogen-bond donors (Lipinski definition) is 3. The number of aliphatic imine (C=N–C) groups is 1. The zero-order chi connectivity index (χ0) is 20.8. The molecule has 0 aliphatic carbocycles. The Morgan fingerprint density at radius 2 is 2.04 bits per heavy atom. The lowest BCUT2D eigenvalue weighted by Gasteiger charge is -2.23. The third-order valence-electron chi connectivity index (χ3n) is 5.08. The van der Waals surface area contributed by atoms with E-state index >= 15 is 0 Å². The Labute approximate surface area is 171 Å². The van der Waals surface area contributed by atoms with E-state index in [2.05, 4.69) is 46.0 Å². The minimum absolute atomic E-state index is 0.00288. The minimum Gasteiger partial charge on any atom is -0.377 e. The van der Waals surface area contributed by atoms with Crippen molar-refractivity contribution < 1.29 is 13.2 Å². The lowest BCUT2D eigenvalue weighted by atomic mass is 10.1. The summed E-state index contributed by atoms with van der Waals surface area (Å²) in [6.45, 7) is 11.1. The Hall–Kier alpha value is -0.900. The molecule has 0 amide bonds. The highest BCUT2D eigenvalue weighted by atomic mass is 32.2. The zero-order valence-corrected chi connectivity index (χ0v) is 19.0. The fraction of sp³-hybridized carbons (Fsp3) is 0.947. The first-order valence-electron chi connectivity index (χ1n) is 10.7. The van der Waals surface area contributed by atoms with Crippen molar-refractivity contribution in [3.05, 3.63) is 0 Å². The molecule has 1 saturated heterocycles. The van der Waals surface area contributed by atoms with Crippen LogP contribution in [0.2, 0.25) is 0 Å². The van der Waals surface area contributed by atoms with Gasteiger partial charge in [0, 0.05) is 32.8 Å². The third-order valence-corrected chi connectivity index (χ3v) is 6.43. The Bertz CT molecular complexity index is 532. The Morgan fingerprint density at radius 1 is 1.29 bits per heavy atom. The smallest absolute Gasteiger partial charge is 0.213 e. The van der Waals surface area contributed by atoms with Gasteiger partial charge in [0.05, 0.1) is 11.9 Å². The van der Waals surface area contributed by atoms with Gasteiger partial charge in [0.2, 0.25) is 10.0 Å². The molecular weight excluding hydrogens is 378 g/mol. The number of sulfonamides is 1. The molecule has 28 heavy (non-hydrogen) atoms. The van der Waals surface area contributed by atoms with Crippen molar-refractivity contribution in [3.8, 4) is 0 Å². The quantitative estimate of drug-likeness (QED) is 0.306. The molecule has 1 rings (SSSR count). The van der Waals surface area contributed by atoms with Crippen molar-refractivity contribution in [3.63, 3.8) is 0 Å². The average molecular weight is 420 g/mol. The van der Waals surface area contributed by atoms with Crippen LogP contribution in [0.15, 0.2) is 4.99 Å². The molecule has 0 radical (unpaired) electrons. The molecule has 3 N–H and O–H groups in total. The molecule has 1 fully saturated rings. The Kier molecular flexibility index (Phi) is 12.7. The van der Waals surface area contributed by atoms with E-state index in [4.69, 9.17) is 4.74 Å². The first kappa shape index (κ1) is 25.1. The van der Waals surface area contributed by atoms with Crippen LogP contribution in [0.5, 0.6) is 0 Å². The highest BCUT2D eigenvalue weighted by molar-refractivity contribution is 7.89. The summed E-state index contributed by atoms with van der Waals surface area (Å²) in [5, 5.41) is 6.43. The third kappa shape index (κ3) is 11.2. The molecule has 1 heterocycles. The highest BCUT2D eigenvalue weighted by Gasteiger charge is 2.17.